The van der Waals surface area contributed by atoms with Gasteiger partial charge >= 0.3 is 0 Å². The van der Waals surface area contributed by atoms with Gasteiger partial charge in [0.2, 0.25) is 5.75 Å². The summed E-state index contributed by atoms with van der Waals surface area (Å²) in [6.07, 6.45) is 2.31. The number of benzene rings is 2. The molecule has 0 bridgehead atoms. The summed E-state index contributed by atoms with van der Waals surface area (Å²) in [5, 5.41) is 0.0309. The molecule has 0 saturated heterocycles. The average molecular weight is 497 g/mol. The third-order valence-electron chi connectivity index (χ3n) is 7.63. The Morgan fingerprint density at radius 2 is 1.46 bits per heavy atom. The van der Waals surface area contributed by atoms with Gasteiger partial charge in [-0.3, -0.25) is 4.79 Å². The van der Waals surface area contributed by atoms with Crippen LogP contribution in [0.2, 0.25) is 18.1 Å². The molecule has 0 aliphatic heterocycles. The van der Waals surface area contributed by atoms with Crippen LogP contribution in [0.25, 0.3) is 5.57 Å². The van der Waals surface area contributed by atoms with Crippen molar-refractivity contribution in [1.29, 1.82) is 0 Å². The van der Waals surface area contributed by atoms with Crippen LogP contribution in [0, 0.1) is 0 Å². The molecule has 188 valence electrons. The Morgan fingerprint density at radius 3 is 2.03 bits per heavy atom. The predicted octanol–water partition coefficient (Wildman–Crippen LogP) is 6.44. The van der Waals surface area contributed by atoms with Gasteiger partial charge in [-0.25, -0.2) is 0 Å². The molecule has 2 aromatic carbocycles. The third kappa shape index (κ3) is 3.90. The van der Waals surface area contributed by atoms with Crippen molar-refractivity contribution in [2.75, 3.05) is 28.4 Å². The number of rotatable bonds is 6. The van der Waals surface area contributed by atoms with Crippen molar-refractivity contribution in [3.8, 4) is 28.7 Å². The van der Waals surface area contributed by atoms with Crippen LogP contribution in [0.15, 0.2) is 23.8 Å². The molecule has 7 heteroatoms. The third-order valence-corrected chi connectivity index (χ3v) is 12.0. The Morgan fingerprint density at radius 1 is 0.800 bits per heavy atom. The SMILES string of the molecule is COc1ccc2c(c1O[Si](C)(C)C(C)(C)C)CCCC1=C2c2cc(OC)c(OC)c(OC)c2C1=O. The minimum absolute atomic E-state index is 0.0108. The van der Waals surface area contributed by atoms with E-state index in [2.05, 4.69) is 39.9 Å². The average Bonchev–Trinajstić information content (AvgIpc) is 2.95. The Labute approximate surface area is 209 Å². The Bertz CT molecular complexity index is 1220. The summed E-state index contributed by atoms with van der Waals surface area (Å²) in [4.78, 5) is 13.7. The monoisotopic (exact) mass is 496 g/mol. The van der Waals surface area contributed by atoms with Crippen molar-refractivity contribution in [3.63, 3.8) is 0 Å². The molecule has 0 aromatic heterocycles. The molecule has 0 radical (unpaired) electrons. The van der Waals surface area contributed by atoms with Crippen molar-refractivity contribution in [3.05, 3.63) is 46.0 Å². The van der Waals surface area contributed by atoms with Crippen molar-refractivity contribution >= 4 is 19.7 Å². The quantitative estimate of drug-likeness (QED) is 0.429. The molecule has 35 heavy (non-hydrogen) atoms. The van der Waals surface area contributed by atoms with Crippen LogP contribution in [0.3, 0.4) is 0 Å². The predicted molar refractivity (Wildman–Crippen MR) is 140 cm³/mol. The standard InChI is InChI=1S/C28H36O6Si/c1-28(2,3)35(8,9)34-25-17-11-10-12-18-22(16(17)13-14-20(25)30-4)19-15-21(31-5)26(32-6)27(33-7)23(19)24(18)29/h13-15H,10-12H2,1-9H3. The summed E-state index contributed by atoms with van der Waals surface area (Å²) in [5.74, 6) is 2.89. The van der Waals surface area contributed by atoms with Gasteiger partial charge in [-0.05, 0) is 60.7 Å². The van der Waals surface area contributed by atoms with Crippen molar-refractivity contribution in [2.45, 2.75) is 58.2 Å². The summed E-state index contributed by atoms with van der Waals surface area (Å²) in [7, 11) is 4.23. The number of carbonyl (C=O) groups excluding carboxylic acids is 1. The fourth-order valence-electron chi connectivity index (χ4n) is 4.76. The van der Waals surface area contributed by atoms with Gasteiger partial charge in [-0.2, -0.15) is 0 Å². The molecule has 2 aromatic rings. The number of hydrogen-bond donors (Lipinski definition) is 0. The number of hydrogen-bond acceptors (Lipinski definition) is 6. The molecule has 2 aliphatic carbocycles. The van der Waals surface area contributed by atoms with Crippen LogP contribution in [-0.2, 0) is 6.42 Å². The molecule has 0 amide bonds. The van der Waals surface area contributed by atoms with Crippen LogP contribution < -0.4 is 23.4 Å². The molecule has 0 atom stereocenters. The zero-order valence-corrected chi connectivity index (χ0v) is 23.3. The first-order valence-corrected chi connectivity index (χ1v) is 14.9. The summed E-state index contributed by atoms with van der Waals surface area (Å²) >= 11 is 0. The molecular weight excluding hydrogens is 460 g/mol. The second-order valence-corrected chi connectivity index (χ2v) is 15.3. The van der Waals surface area contributed by atoms with Gasteiger partial charge in [-0.1, -0.05) is 26.8 Å². The highest BCUT2D eigenvalue weighted by Crippen LogP contribution is 2.54. The smallest absolute Gasteiger partial charge is 0.250 e. The van der Waals surface area contributed by atoms with E-state index in [1.165, 1.54) is 0 Å². The Balaban J connectivity index is 1.99. The summed E-state index contributed by atoms with van der Waals surface area (Å²) in [5.41, 5.74) is 5.18. The van der Waals surface area contributed by atoms with Gasteiger partial charge in [0, 0.05) is 16.7 Å². The van der Waals surface area contributed by atoms with Crippen molar-refractivity contribution in [1.82, 2.24) is 0 Å². The van der Waals surface area contributed by atoms with Gasteiger partial charge in [0.25, 0.3) is 8.32 Å². The van der Waals surface area contributed by atoms with E-state index >= 15 is 0 Å². The minimum Gasteiger partial charge on any atom is -0.541 e. The van der Waals surface area contributed by atoms with Crippen LogP contribution in [0.1, 0.15) is 60.7 Å². The van der Waals surface area contributed by atoms with E-state index < -0.39 is 8.32 Å². The highest BCUT2D eigenvalue weighted by molar-refractivity contribution is 6.74. The number of carbonyl (C=O) groups is 1. The van der Waals surface area contributed by atoms with E-state index in [0.29, 0.717) is 29.2 Å². The zero-order chi connectivity index (χ0) is 25.7. The second kappa shape index (κ2) is 8.93. The molecule has 0 fully saturated rings. The highest BCUT2D eigenvalue weighted by Gasteiger charge is 2.42. The molecule has 0 heterocycles. The largest absolute Gasteiger partial charge is 0.541 e. The van der Waals surface area contributed by atoms with Gasteiger partial charge in [0.15, 0.2) is 23.0 Å². The number of ketones is 1. The molecule has 2 aliphatic rings. The number of Topliss-reactive ketones (excluding diaryl/α,β-unsaturated/α-hetero) is 1. The molecular formula is C28H36O6Si. The Kier molecular flexibility index (Phi) is 6.42. The number of ether oxygens (including phenoxy) is 4. The highest BCUT2D eigenvalue weighted by atomic mass is 28.4. The van der Waals surface area contributed by atoms with Crippen molar-refractivity contribution in [2.24, 2.45) is 0 Å². The van der Waals surface area contributed by atoms with Gasteiger partial charge in [0.1, 0.15) is 5.75 Å². The first-order chi connectivity index (χ1) is 16.5. The van der Waals surface area contributed by atoms with E-state index in [9.17, 15) is 4.79 Å². The zero-order valence-electron chi connectivity index (χ0n) is 22.3. The summed E-state index contributed by atoms with van der Waals surface area (Å²) in [6, 6.07) is 5.90. The fraction of sp³-hybridized carbons (Fsp3) is 0.464. The number of fused-ring (bicyclic) bond motifs is 4. The molecule has 0 unspecified atom stereocenters. The lowest BCUT2D eigenvalue weighted by Gasteiger charge is -2.37. The fourth-order valence-corrected chi connectivity index (χ4v) is 5.80. The first kappa shape index (κ1) is 25.2. The second-order valence-electron chi connectivity index (χ2n) is 10.6. The molecule has 0 spiro atoms. The normalized spacial score (nSPS) is 15.2. The van der Waals surface area contributed by atoms with Gasteiger partial charge in [-0.15, -0.1) is 0 Å². The number of allylic oxidation sites excluding steroid dienone is 1. The van der Waals surface area contributed by atoms with E-state index in [0.717, 1.165) is 52.2 Å². The lowest BCUT2D eigenvalue weighted by Crippen LogP contribution is -2.44. The molecule has 0 saturated carbocycles. The molecule has 0 N–H and O–H groups in total. The lowest BCUT2D eigenvalue weighted by molar-refractivity contribution is 0.103. The van der Waals surface area contributed by atoms with Crippen LogP contribution in [0.4, 0.5) is 0 Å². The van der Waals surface area contributed by atoms with Gasteiger partial charge in [0.05, 0.1) is 34.0 Å². The number of methoxy groups -OCH3 is 4. The lowest BCUT2D eigenvalue weighted by atomic mass is 9.92. The van der Waals surface area contributed by atoms with Crippen LogP contribution in [0.5, 0.6) is 28.7 Å². The van der Waals surface area contributed by atoms with E-state index in [1.54, 1.807) is 28.4 Å². The van der Waals surface area contributed by atoms with E-state index in [-0.39, 0.29) is 10.8 Å². The van der Waals surface area contributed by atoms with Crippen LogP contribution in [-0.4, -0.2) is 42.5 Å². The first-order valence-electron chi connectivity index (χ1n) is 12.0. The maximum atomic E-state index is 13.7. The molecule has 6 nitrogen and oxygen atoms in total. The molecule has 4 rings (SSSR count). The Hall–Kier alpha value is -2.93. The topological polar surface area (TPSA) is 63.2 Å². The summed E-state index contributed by atoms with van der Waals surface area (Å²) < 4.78 is 29.5. The maximum Gasteiger partial charge on any atom is 0.250 e. The minimum atomic E-state index is -2.15. The van der Waals surface area contributed by atoms with E-state index in [1.807, 2.05) is 12.1 Å². The summed E-state index contributed by atoms with van der Waals surface area (Å²) in [6.45, 7) is 11.2. The van der Waals surface area contributed by atoms with Gasteiger partial charge < -0.3 is 23.4 Å². The maximum absolute atomic E-state index is 13.7. The van der Waals surface area contributed by atoms with Crippen LogP contribution >= 0.6 is 0 Å². The van der Waals surface area contributed by atoms with Crippen molar-refractivity contribution < 1.29 is 28.2 Å². The van der Waals surface area contributed by atoms with E-state index in [4.69, 9.17) is 23.4 Å².